The number of aromatic nitrogens is 2. The fourth-order valence-corrected chi connectivity index (χ4v) is 3.51. The Morgan fingerprint density at radius 3 is 3.05 bits per heavy atom. The molecule has 6 heteroatoms. The van der Waals surface area contributed by atoms with Crippen LogP contribution in [0.3, 0.4) is 0 Å². The molecule has 2 unspecified atom stereocenters. The Hall–Kier alpha value is -1.17. The van der Waals surface area contributed by atoms with E-state index in [0.29, 0.717) is 23.9 Å². The smallest absolute Gasteiger partial charge is 0.241 e. The molecule has 1 aromatic heterocycles. The lowest BCUT2D eigenvalue weighted by Crippen LogP contribution is -2.29. The van der Waals surface area contributed by atoms with Crippen molar-refractivity contribution in [3.8, 4) is 0 Å². The Kier molecular flexibility index (Phi) is 3.68. The van der Waals surface area contributed by atoms with E-state index in [2.05, 4.69) is 22.7 Å². The van der Waals surface area contributed by atoms with Crippen molar-refractivity contribution in [1.82, 2.24) is 15.1 Å². The summed E-state index contributed by atoms with van der Waals surface area (Å²) in [5.41, 5.74) is 1.01. The van der Waals surface area contributed by atoms with Gasteiger partial charge in [0.05, 0.1) is 11.9 Å². The first-order valence-corrected chi connectivity index (χ1v) is 7.95. The summed E-state index contributed by atoms with van der Waals surface area (Å²) >= 11 is 2.00. The average Bonchev–Trinajstić information content (AvgIpc) is 2.92. The van der Waals surface area contributed by atoms with Crippen LogP contribution >= 0.6 is 11.8 Å². The second kappa shape index (κ2) is 5.45. The number of carbonyl (C=O) groups excluding carboxylic acids is 1. The first-order chi connectivity index (χ1) is 9.20. The molecule has 2 heterocycles. The molecule has 0 radical (unpaired) electrons. The molecule has 2 N–H and O–H groups in total. The van der Waals surface area contributed by atoms with E-state index in [0.717, 1.165) is 18.5 Å². The van der Waals surface area contributed by atoms with E-state index in [4.69, 9.17) is 0 Å². The molecule has 3 rings (SSSR count). The molecule has 0 bridgehead atoms. The minimum Gasteiger partial charge on any atom is -0.379 e. The van der Waals surface area contributed by atoms with E-state index < -0.39 is 0 Å². The summed E-state index contributed by atoms with van der Waals surface area (Å²) in [6.07, 6.45) is 7.16. The fourth-order valence-electron chi connectivity index (χ4n) is 2.31. The monoisotopic (exact) mass is 280 g/mol. The van der Waals surface area contributed by atoms with E-state index in [1.54, 1.807) is 10.9 Å². The second-order valence-corrected chi connectivity index (χ2v) is 6.87. The number of nitrogens with one attached hydrogen (secondary N) is 2. The zero-order valence-electron chi connectivity index (χ0n) is 11.1. The van der Waals surface area contributed by atoms with Crippen molar-refractivity contribution in [3.63, 3.8) is 0 Å². The van der Waals surface area contributed by atoms with Crippen LogP contribution in [-0.4, -0.2) is 38.8 Å². The quantitative estimate of drug-likeness (QED) is 0.857. The number of amides is 1. The van der Waals surface area contributed by atoms with Crippen molar-refractivity contribution >= 4 is 23.4 Å². The average molecular weight is 280 g/mol. The van der Waals surface area contributed by atoms with E-state index in [-0.39, 0.29) is 5.91 Å². The van der Waals surface area contributed by atoms with E-state index in [1.165, 1.54) is 12.2 Å². The summed E-state index contributed by atoms with van der Waals surface area (Å²) in [5.74, 6) is 1.28. The first kappa shape index (κ1) is 12.8. The summed E-state index contributed by atoms with van der Waals surface area (Å²) in [6, 6.07) is 0.931. The van der Waals surface area contributed by atoms with Gasteiger partial charge in [0.25, 0.3) is 0 Å². The maximum Gasteiger partial charge on any atom is 0.241 e. The van der Waals surface area contributed by atoms with Gasteiger partial charge in [-0.3, -0.25) is 9.48 Å². The highest BCUT2D eigenvalue weighted by molar-refractivity contribution is 8.00. The Morgan fingerprint density at radius 1 is 1.53 bits per heavy atom. The number of thioether (sulfide) groups is 1. The largest absolute Gasteiger partial charge is 0.379 e. The van der Waals surface area contributed by atoms with Gasteiger partial charge in [-0.2, -0.15) is 16.9 Å². The van der Waals surface area contributed by atoms with Crippen LogP contribution in [0.2, 0.25) is 0 Å². The van der Waals surface area contributed by atoms with Crippen molar-refractivity contribution in [2.24, 2.45) is 0 Å². The summed E-state index contributed by atoms with van der Waals surface area (Å²) in [5, 5.41) is 11.3. The third kappa shape index (κ3) is 3.43. The third-order valence-corrected chi connectivity index (χ3v) is 4.94. The summed E-state index contributed by atoms with van der Waals surface area (Å²) in [6.45, 7) is 2.57. The predicted octanol–water partition coefficient (Wildman–Crippen LogP) is 1.47. The van der Waals surface area contributed by atoms with Gasteiger partial charge in [-0.1, -0.05) is 6.92 Å². The number of nitrogens with zero attached hydrogens (tertiary/aromatic N) is 2. The highest BCUT2D eigenvalue weighted by Crippen LogP contribution is 2.28. The molecule has 1 amide bonds. The highest BCUT2D eigenvalue weighted by atomic mass is 32.2. The summed E-state index contributed by atoms with van der Waals surface area (Å²) in [4.78, 5) is 11.7. The number of rotatable bonds is 5. The van der Waals surface area contributed by atoms with Crippen molar-refractivity contribution in [2.75, 3.05) is 11.1 Å². The molecule has 104 valence electrons. The maximum atomic E-state index is 11.7. The zero-order chi connectivity index (χ0) is 13.2. The van der Waals surface area contributed by atoms with Crippen LogP contribution in [0, 0.1) is 0 Å². The van der Waals surface area contributed by atoms with E-state index >= 15 is 0 Å². The highest BCUT2D eigenvalue weighted by Gasteiger charge is 2.25. The molecular formula is C13H20N4OS. The second-order valence-electron chi connectivity index (χ2n) is 5.38. The molecule has 1 saturated carbocycles. The normalized spacial score (nSPS) is 26.4. The lowest BCUT2D eigenvalue weighted by Gasteiger charge is -2.15. The molecule has 1 aliphatic carbocycles. The number of hydrogen-bond acceptors (Lipinski definition) is 4. The molecular weight excluding hydrogens is 260 g/mol. The molecule has 1 saturated heterocycles. The van der Waals surface area contributed by atoms with Gasteiger partial charge in [0.2, 0.25) is 5.91 Å². The summed E-state index contributed by atoms with van der Waals surface area (Å²) < 4.78 is 1.70. The van der Waals surface area contributed by atoms with E-state index in [9.17, 15) is 4.79 Å². The number of anilines is 1. The van der Waals surface area contributed by atoms with Gasteiger partial charge in [0.1, 0.15) is 6.54 Å². The third-order valence-electron chi connectivity index (χ3n) is 3.61. The van der Waals surface area contributed by atoms with Crippen molar-refractivity contribution in [2.45, 2.75) is 50.1 Å². The van der Waals surface area contributed by atoms with Crippen molar-refractivity contribution in [1.29, 1.82) is 0 Å². The van der Waals surface area contributed by atoms with Crippen LogP contribution in [0.5, 0.6) is 0 Å². The van der Waals surface area contributed by atoms with Crippen LogP contribution in [0.1, 0.15) is 26.2 Å². The maximum absolute atomic E-state index is 11.7. The van der Waals surface area contributed by atoms with Crippen molar-refractivity contribution < 1.29 is 4.79 Å². The molecule has 0 spiro atoms. The lowest BCUT2D eigenvalue weighted by molar-refractivity contribution is -0.122. The van der Waals surface area contributed by atoms with Crippen LogP contribution < -0.4 is 10.6 Å². The fraction of sp³-hybridized carbons (Fsp3) is 0.692. The van der Waals surface area contributed by atoms with Gasteiger partial charge >= 0.3 is 0 Å². The molecule has 2 fully saturated rings. The molecule has 2 atom stereocenters. The summed E-state index contributed by atoms with van der Waals surface area (Å²) in [7, 11) is 0. The van der Waals surface area contributed by atoms with Crippen LogP contribution in [0.15, 0.2) is 12.4 Å². The standard InChI is InChI=1S/C13H20N4OS/c1-9-12(4-5-19-9)15-11-6-14-17(7-11)8-13(18)16-10-2-3-10/h6-7,9-10,12,15H,2-5,8H2,1H3,(H,16,18). The van der Waals surface area contributed by atoms with Crippen LogP contribution in [0.4, 0.5) is 5.69 Å². The van der Waals surface area contributed by atoms with Gasteiger partial charge < -0.3 is 10.6 Å². The number of hydrogen-bond donors (Lipinski definition) is 2. The van der Waals surface area contributed by atoms with Gasteiger partial charge in [-0.15, -0.1) is 0 Å². The molecule has 5 nitrogen and oxygen atoms in total. The molecule has 1 aromatic rings. The number of carbonyl (C=O) groups is 1. The first-order valence-electron chi connectivity index (χ1n) is 6.90. The minimum absolute atomic E-state index is 0.0574. The van der Waals surface area contributed by atoms with Crippen molar-refractivity contribution in [3.05, 3.63) is 12.4 Å². The molecule has 2 aliphatic rings. The van der Waals surface area contributed by atoms with Gasteiger partial charge in [-0.25, -0.2) is 0 Å². The molecule has 1 aliphatic heterocycles. The van der Waals surface area contributed by atoms with Gasteiger partial charge in [-0.05, 0) is 25.0 Å². The SMILES string of the molecule is CC1SCCC1Nc1cnn(CC(=O)NC2CC2)c1. The van der Waals surface area contributed by atoms with Gasteiger partial charge in [0.15, 0.2) is 0 Å². The lowest BCUT2D eigenvalue weighted by atomic mass is 10.2. The van der Waals surface area contributed by atoms with Crippen LogP contribution in [0.25, 0.3) is 0 Å². The molecule has 19 heavy (non-hydrogen) atoms. The van der Waals surface area contributed by atoms with Crippen LogP contribution in [-0.2, 0) is 11.3 Å². The predicted molar refractivity (Wildman–Crippen MR) is 77.3 cm³/mol. The van der Waals surface area contributed by atoms with E-state index in [1.807, 2.05) is 18.0 Å². The molecule has 0 aromatic carbocycles. The van der Waals surface area contributed by atoms with Gasteiger partial charge in [0, 0.05) is 23.5 Å². The Bertz CT molecular complexity index is 457. The Balaban J connectivity index is 1.52. The topological polar surface area (TPSA) is 59.0 Å². The Morgan fingerprint density at radius 2 is 2.37 bits per heavy atom. The minimum atomic E-state index is 0.0574. The Labute approximate surface area is 117 Å². The zero-order valence-corrected chi connectivity index (χ0v) is 11.9.